The van der Waals surface area contributed by atoms with Crippen molar-refractivity contribution < 1.29 is 0 Å². The van der Waals surface area contributed by atoms with Crippen LogP contribution in [0.4, 0.5) is 0 Å². The molecule has 0 heterocycles. The van der Waals surface area contributed by atoms with E-state index < -0.39 is 0 Å². The van der Waals surface area contributed by atoms with Gasteiger partial charge in [-0.1, -0.05) is 53.4 Å². The molecule has 0 saturated heterocycles. The third kappa shape index (κ3) is 2.71. The number of rotatable bonds is 0. The van der Waals surface area contributed by atoms with Gasteiger partial charge in [-0.3, -0.25) is 0 Å². The van der Waals surface area contributed by atoms with Gasteiger partial charge in [-0.25, -0.2) is 0 Å². The average molecular weight is 236 g/mol. The Hall–Kier alpha value is 0. The molecule has 0 aliphatic heterocycles. The quantitative estimate of drug-likeness (QED) is 0.487. The van der Waals surface area contributed by atoms with E-state index in [0.29, 0.717) is 10.8 Å². The Kier molecular flexibility index (Phi) is 3.63. The fourth-order valence-electron chi connectivity index (χ4n) is 4.06. The molecule has 2 rings (SSSR count). The Morgan fingerprint density at radius 2 is 1.12 bits per heavy atom. The van der Waals surface area contributed by atoms with E-state index in [1.807, 2.05) is 0 Å². The first-order chi connectivity index (χ1) is 7.87. The van der Waals surface area contributed by atoms with E-state index in [2.05, 4.69) is 27.7 Å². The summed E-state index contributed by atoms with van der Waals surface area (Å²) in [5, 5.41) is 0. The molecule has 0 nitrogen and oxygen atoms in total. The van der Waals surface area contributed by atoms with E-state index in [-0.39, 0.29) is 0 Å². The second kappa shape index (κ2) is 4.59. The normalized spacial score (nSPS) is 28.9. The SMILES string of the molecule is CC(C)(C)C1(C)CCC2(CCCCCC2)CC1. The zero-order valence-electron chi connectivity index (χ0n) is 12.6. The monoisotopic (exact) mass is 236 g/mol. The predicted molar refractivity (Wildman–Crippen MR) is 76.2 cm³/mol. The Bertz CT molecular complexity index is 238. The van der Waals surface area contributed by atoms with Crippen molar-refractivity contribution in [1.29, 1.82) is 0 Å². The largest absolute Gasteiger partial charge is 0.0597 e. The van der Waals surface area contributed by atoms with E-state index in [0.717, 1.165) is 5.41 Å². The van der Waals surface area contributed by atoms with Gasteiger partial charge in [-0.05, 0) is 54.8 Å². The van der Waals surface area contributed by atoms with E-state index in [9.17, 15) is 0 Å². The molecule has 17 heavy (non-hydrogen) atoms. The molecule has 2 aliphatic carbocycles. The van der Waals surface area contributed by atoms with Crippen LogP contribution in [0.2, 0.25) is 0 Å². The molecular formula is C17H32. The van der Waals surface area contributed by atoms with Gasteiger partial charge in [-0.15, -0.1) is 0 Å². The summed E-state index contributed by atoms with van der Waals surface area (Å²) in [5.41, 5.74) is 1.84. The molecule has 2 aliphatic rings. The molecule has 2 fully saturated rings. The van der Waals surface area contributed by atoms with Crippen molar-refractivity contribution in [3.8, 4) is 0 Å². The summed E-state index contributed by atoms with van der Waals surface area (Å²) in [5.74, 6) is 0. The van der Waals surface area contributed by atoms with Crippen LogP contribution in [0.3, 0.4) is 0 Å². The molecule has 2 saturated carbocycles. The molecule has 0 heteroatoms. The van der Waals surface area contributed by atoms with E-state index in [1.54, 1.807) is 0 Å². The Labute approximate surface area is 109 Å². The summed E-state index contributed by atoms with van der Waals surface area (Å²) in [6.45, 7) is 9.87. The van der Waals surface area contributed by atoms with Crippen molar-refractivity contribution in [1.82, 2.24) is 0 Å². The van der Waals surface area contributed by atoms with Gasteiger partial charge in [0, 0.05) is 0 Å². The van der Waals surface area contributed by atoms with Gasteiger partial charge in [0.15, 0.2) is 0 Å². The Morgan fingerprint density at radius 3 is 1.53 bits per heavy atom. The van der Waals surface area contributed by atoms with Crippen molar-refractivity contribution in [2.75, 3.05) is 0 Å². The highest BCUT2D eigenvalue weighted by molar-refractivity contribution is 4.96. The van der Waals surface area contributed by atoms with Gasteiger partial charge in [0.25, 0.3) is 0 Å². The highest BCUT2D eigenvalue weighted by Crippen LogP contribution is 2.57. The van der Waals surface area contributed by atoms with Gasteiger partial charge in [-0.2, -0.15) is 0 Å². The molecule has 100 valence electrons. The number of hydrogen-bond donors (Lipinski definition) is 0. The minimum Gasteiger partial charge on any atom is -0.0597 e. The van der Waals surface area contributed by atoms with Gasteiger partial charge >= 0.3 is 0 Å². The fraction of sp³-hybridized carbons (Fsp3) is 1.00. The Morgan fingerprint density at radius 1 is 0.647 bits per heavy atom. The molecule has 1 spiro atoms. The summed E-state index contributed by atoms with van der Waals surface area (Å²) < 4.78 is 0. The molecular weight excluding hydrogens is 204 g/mol. The first-order valence-electron chi connectivity index (χ1n) is 7.87. The van der Waals surface area contributed by atoms with Crippen LogP contribution in [0, 0.1) is 16.2 Å². The van der Waals surface area contributed by atoms with Crippen LogP contribution in [-0.2, 0) is 0 Å². The van der Waals surface area contributed by atoms with Crippen LogP contribution in [-0.4, -0.2) is 0 Å². The first-order valence-corrected chi connectivity index (χ1v) is 7.87. The zero-order valence-corrected chi connectivity index (χ0v) is 12.6. The molecule has 0 unspecified atom stereocenters. The third-order valence-electron chi connectivity index (χ3n) is 6.39. The minimum absolute atomic E-state index is 0.485. The highest BCUT2D eigenvalue weighted by Gasteiger charge is 2.45. The molecule has 0 atom stereocenters. The standard InChI is InChI=1S/C17H32/c1-15(2,3)16(4)11-13-17(14-12-16)9-7-5-6-8-10-17/h5-14H2,1-4H3. The van der Waals surface area contributed by atoms with E-state index in [4.69, 9.17) is 0 Å². The third-order valence-corrected chi connectivity index (χ3v) is 6.39. The smallest absolute Gasteiger partial charge is 0.0277 e. The lowest BCUT2D eigenvalue weighted by atomic mass is 9.54. The second-order valence-electron chi connectivity index (χ2n) is 8.22. The molecule has 0 bridgehead atoms. The van der Waals surface area contributed by atoms with Crippen molar-refractivity contribution in [2.45, 2.75) is 91.9 Å². The summed E-state index contributed by atoms with van der Waals surface area (Å²) in [6.07, 6.45) is 15.0. The average Bonchev–Trinajstić information content (AvgIpc) is 2.48. The maximum absolute atomic E-state index is 2.54. The van der Waals surface area contributed by atoms with Crippen molar-refractivity contribution >= 4 is 0 Å². The van der Waals surface area contributed by atoms with E-state index >= 15 is 0 Å². The van der Waals surface area contributed by atoms with Crippen molar-refractivity contribution in [2.24, 2.45) is 16.2 Å². The van der Waals surface area contributed by atoms with Crippen LogP contribution in [0.25, 0.3) is 0 Å². The summed E-state index contributed by atoms with van der Waals surface area (Å²) >= 11 is 0. The molecule has 0 aromatic heterocycles. The highest BCUT2D eigenvalue weighted by atomic mass is 14.5. The van der Waals surface area contributed by atoms with Gasteiger partial charge in [0.1, 0.15) is 0 Å². The van der Waals surface area contributed by atoms with Gasteiger partial charge < -0.3 is 0 Å². The first kappa shape index (κ1) is 13.4. The lowest BCUT2D eigenvalue weighted by Gasteiger charge is -2.51. The fourth-order valence-corrected chi connectivity index (χ4v) is 4.06. The Balaban J connectivity index is 2.01. The zero-order chi connectivity index (χ0) is 12.6. The lowest BCUT2D eigenvalue weighted by Crippen LogP contribution is -2.40. The summed E-state index contributed by atoms with van der Waals surface area (Å²) in [6, 6.07) is 0. The van der Waals surface area contributed by atoms with Gasteiger partial charge in [0.05, 0.1) is 0 Å². The minimum atomic E-state index is 0.485. The molecule has 0 aromatic carbocycles. The maximum Gasteiger partial charge on any atom is -0.0277 e. The van der Waals surface area contributed by atoms with Crippen LogP contribution >= 0.6 is 0 Å². The van der Waals surface area contributed by atoms with Crippen molar-refractivity contribution in [3.63, 3.8) is 0 Å². The van der Waals surface area contributed by atoms with Crippen LogP contribution in [0.15, 0.2) is 0 Å². The lowest BCUT2D eigenvalue weighted by molar-refractivity contribution is -0.00119. The molecule has 0 aromatic rings. The van der Waals surface area contributed by atoms with Crippen molar-refractivity contribution in [3.05, 3.63) is 0 Å². The topological polar surface area (TPSA) is 0 Å². The molecule has 0 N–H and O–H groups in total. The summed E-state index contributed by atoms with van der Waals surface area (Å²) in [7, 11) is 0. The van der Waals surface area contributed by atoms with Crippen LogP contribution in [0.1, 0.15) is 91.9 Å². The van der Waals surface area contributed by atoms with Crippen LogP contribution in [0.5, 0.6) is 0 Å². The molecule has 0 radical (unpaired) electrons. The maximum atomic E-state index is 2.54. The second-order valence-corrected chi connectivity index (χ2v) is 8.22. The van der Waals surface area contributed by atoms with E-state index in [1.165, 1.54) is 64.2 Å². The summed E-state index contributed by atoms with van der Waals surface area (Å²) in [4.78, 5) is 0. The predicted octanol–water partition coefficient (Wildman–Crippen LogP) is 5.95. The molecule has 0 amide bonds. The van der Waals surface area contributed by atoms with Gasteiger partial charge in [0.2, 0.25) is 0 Å². The number of hydrogen-bond acceptors (Lipinski definition) is 0. The van der Waals surface area contributed by atoms with Crippen LogP contribution < -0.4 is 0 Å².